The van der Waals surface area contributed by atoms with Gasteiger partial charge in [0, 0.05) is 13.2 Å². The normalized spacial score (nSPS) is 11.1. The van der Waals surface area contributed by atoms with Gasteiger partial charge in [-0.15, -0.1) is 0 Å². The van der Waals surface area contributed by atoms with Crippen molar-refractivity contribution in [3.05, 3.63) is 40.4 Å². The van der Waals surface area contributed by atoms with Gasteiger partial charge in [0.2, 0.25) is 5.91 Å². The molecule has 0 fully saturated rings. The van der Waals surface area contributed by atoms with Crippen LogP contribution in [0, 0.1) is 6.92 Å². The predicted molar refractivity (Wildman–Crippen MR) is 89.5 cm³/mol. The Morgan fingerprint density at radius 2 is 2.17 bits per heavy atom. The van der Waals surface area contributed by atoms with Gasteiger partial charge in [0.25, 0.3) is 5.56 Å². The van der Waals surface area contributed by atoms with Crippen LogP contribution >= 0.6 is 0 Å². The Balaban J connectivity index is 1.95. The molecule has 1 N–H and O–H groups in total. The first-order valence-electron chi connectivity index (χ1n) is 7.82. The summed E-state index contributed by atoms with van der Waals surface area (Å²) in [6.07, 6.45) is 2.36. The molecule has 0 saturated carbocycles. The molecule has 2 aromatic rings. The Morgan fingerprint density at radius 3 is 2.91 bits per heavy atom. The predicted octanol–water partition coefficient (Wildman–Crippen LogP) is 1.64. The van der Waals surface area contributed by atoms with Crippen LogP contribution in [0.2, 0.25) is 0 Å². The molecule has 0 aliphatic rings. The first kappa shape index (κ1) is 17.1. The molecular formula is C17H23N3O3. The van der Waals surface area contributed by atoms with E-state index in [4.69, 9.17) is 4.74 Å². The SMILES string of the molecule is Cc1cccc2c(=O)n(CC(=O)NCCCOC(C)C)cnc12. The molecule has 6 heteroatoms. The maximum Gasteiger partial charge on any atom is 0.261 e. The van der Waals surface area contributed by atoms with Crippen LogP contribution < -0.4 is 10.9 Å². The number of ether oxygens (including phenoxy) is 1. The first-order chi connectivity index (χ1) is 11.0. The highest BCUT2D eigenvalue weighted by atomic mass is 16.5. The molecule has 0 aliphatic carbocycles. The number of fused-ring (bicyclic) bond motifs is 1. The molecule has 6 nitrogen and oxygen atoms in total. The van der Waals surface area contributed by atoms with Gasteiger partial charge in [-0.2, -0.15) is 0 Å². The number of benzene rings is 1. The van der Waals surface area contributed by atoms with Crippen LogP contribution in [0.5, 0.6) is 0 Å². The molecule has 1 aromatic carbocycles. The van der Waals surface area contributed by atoms with Crippen LogP contribution in [0.4, 0.5) is 0 Å². The van der Waals surface area contributed by atoms with Crippen molar-refractivity contribution in [2.24, 2.45) is 0 Å². The maximum atomic E-state index is 12.4. The lowest BCUT2D eigenvalue weighted by Crippen LogP contribution is -2.33. The van der Waals surface area contributed by atoms with Crippen molar-refractivity contribution in [3.8, 4) is 0 Å². The van der Waals surface area contributed by atoms with Crippen LogP contribution in [0.15, 0.2) is 29.3 Å². The van der Waals surface area contributed by atoms with Crippen molar-refractivity contribution in [3.63, 3.8) is 0 Å². The molecule has 23 heavy (non-hydrogen) atoms. The van der Waals surface area contributed by atoms with E-state index in [1.165, 1.54) is 10.9 Å². The molecule has 1 heterocycles. The van der Waals surface area contributed by atoms with Gasteiger partial charge in [-0.1, -0.05) is 12.1 Å². The van der Waals surface area contributed by atoms with Crippen molar-refractivity contribution < 1.29 is 9.53 Å². The Kier molecular flexibility index (Phi) is 5.87. The highest BCUT2D eigenvalue weighted by molar-refractivity contribution is 5.81. The second-order valence-corrected chi connectivity index (χ2v) is 5.77. The van der Waals surface area contributed by atoms with Gasteiger partial charge in [0.15, 0.2) is 0 Å². The molecule has 0 unspecified atom stereocenters. The third kappa shape index (κ3) is 4.63. The summed E-state index contributed by atoms with van der Waals surface area (Å²) < 4.78 is 6.74. The topological polar surface area (TPSA) is 73.2 Å². The fourth-order valence-electron chi connectivity index (χ4n) is 2.28. The zero-order chi connectivity index (χ0) is 16.8. The molecule has 2 rings (SSSR count). The Labute approximate surface area is 135 Å². The molecule has 0 saturated heterocycles. The third-order valence-electron chi connectivity index (χ3n) is 3.46. The van der Waals surface area contributed by atoms with Crippen molar-refractivity contribution in [2.45, 2.75) is 39.8 Å². The van der Waals surface area contributed by atoms with Gasteiger partial charge in [-0.05, 0) is 38.8 Å². The average Bonchev–Trinajstić information content (AvgIpc) is 2.50. The number of rotatable bonds is 7. The number of aryl methyl sites for hydroxylation is 1. The van der Waals surface area contributed by atoms with Gasteiger partial charge in [0.1, 0.15) is 6.54 Å². The van der Waals surface area contributed by atoms with E-state index in [9.17, 15) is 9.59 Å². The summed E-state index contributed by atoms with van der Waals surface area (Å²) in [7, 11) is 0. The number of hydrogen-bond donors (Lipinski definition) is 1. The fourth-order valence-corrected chi connectivity index (χ4v) is 2.28. The molecule has 0 bridgehead atoms. The van der Waals surface area contributed by atoms with Crippen LogP contribution in [-0.2, 0) is 16.1 Å². The number of carbonyl (C=O) groups excluding carboxylic acids is 1. The fraction of sp³-hybridized carbons (Fsp3) is 0.471. The van der Waals surface area contributed by atoms with E-state index in [1.54, 1.807) is 6.07 Å². The molecule has 124 valence electrons. The zero-order valence-electron chi connectivity index (χ0n) is 13.8. The maximum absolute atomic E-state index is 12.4. The summed E-state index contributed by atoms with van der Waals surface area (Å²) in [4.78, 5) is 28.6. The summed E-state index contributed by atoms with van der Waals surface area (Å²) in [6, 6.07) is 5.46. The largest absolute Gasteiger partial charge is 0.379 e. The second kappa shape index (κ2) is 7.87. The molecule has 0 atom stereocenters. The van der Waals surface area contributed by atoms with Crippen LogP contribution in [0.3, 0.4) is 0 Å². The average molecular weight is 317 g/mol. The molecule has 1 amide bonds. The molecular weight excluding hydrogens is 294 g/mol. The summed E-state index contributed by atoms with van der Waals surface area (Å²) in [5.41, 5.74) is 1.43. The number of aromatic nitrogens is 2. The van der Waals surface area contributed by atoms with E-state index in [-0.39, 0.29) is 24.1 Å². The zero-order valence-corrected chi connectivity index (χ0v) is 13.8. The van der Waals surface area contributed by atoms with E-state index in [2.05, 4.69) is 10.3 Å². The summed E-state index contributed by atoms with van der Waals surface area (Å²) in [5, 5.41) is 3.32. The number of nitrogens with one attached hydrogen (secondary N) is 1. The van der Waals surface area contributed by atoms with Gasteiger partial charge >= 0.3 is 0 Å². The van der Waals surface area contributed by atoms with Crippen molar-refractivity contribution >= 4 is 16.8 Å². The minimum Gasteiger partial charge on any atom is -0.379 e. The third-order valence-corrected chi connectivity index (χ3v) is 3.46. The number of para-hydroxylation sites is 1. The van der Waals surface area contributed by atoms with E-state index in [1.807, 2.05) is 32.9 Å². The summed E-state index contributed by atoms with van der Waals surface area (Å²) in [6.45, 7) is 6.96. The highest BCUT2D eigenvalue weighted by Crippen LogP contribution is 2.10. The Hall–Kier alpha value is -2.21. The smallest absolute Gasteiger partial charge is 0.261 e. The minimum atomic E-state index is -0.203. The highest BCUT2D eigenvalue weighted by Gasteiger charge is 2.08. The molecule has 1 aromatic heterocycles. The lowest BCUT2D eigenvalue weighted by Gasteiger charge is -2.10. The van der Waals surface area contributed by atoms with Crippen molar-refractivity contribution in [1.29, 1.82) is 0 Å². The van der Waals surface area contributed by atoms with Crippen molar-refractivity contribution in [2.75, 3.05) is 13.2 Å². The van der Waals surface area contributed by atoms with Crippen molar-refractivity contribution in [1.82, 2.24) is 14.9 Å². The van der Waals surface area contributed by atoms with E-state index < -0.39 is 0 Å². The van der Waals surface area contributed by atoms with Crippen LogP contribution in [0.1, 0.15) is 25.8 Å². The summed E-state index contributed by atoms with van der Waals surface area (Å²) in [5.74, 6) is -0.203. The van der Waals surface area contributed by atoms with E-state index in [0.717, 1.165) is 12.0 Å². The molecule has 0 aliphatic heterocycles. The quantitative estimate of drug-likeness (QED) is 0.788. The van der Waals surface area contributed by atoms with Gasteiger partial charge < -0.3 is 10.1 Å². The van der Waals surface area contributed by atoms with Crippen LogP contribution in [0.25, 0.3) is 10.9 Å². The van der Waals surface area contributed by atoms with Gasteiger partial charge in [-0.3, -0.25) is 14.2 Å². The van der Waals surface area contributed by atoms with Gasteiger partial charge in [-0.25, -0.2) is 4.98 Å². The summed E-state index contributed by atoms with van der Waals surface area (Å²) >= 11 is 0. The number of hydrogen-bond acceptors (Lipinski definition) is 4. The van der Waals surface area contributed by atoms with Crippen LogP contribution in [-0.4, -0.2) is 34.7 Å². The first-order valence-corrected chi connectivity index (χ1v) is 7.82. The lowest BCUT2D eigenvalue weighted by atomic mass is 10.1. The van der Waals surface area contributed by atoms with Gasteiger partial charge in [0.05, 0.1) is 23.3 Å². The number of amides is 1. The Morgan fingerprint density at radius 1 is 1.39 bits per heavy atom. The standard InChI is InChI=1S/C17H23N3O3/c1-12(2)23-9-5-8-18-15(21)10-20-11-19-16-13(3)6-4-7-14(16)17(20)22/h4,6-7,11-12H,5,8-10H2,1-3H3,(H,18,21). The monoisotopic (exact) mass is 317 g/mol. The Bertz CT molecular complexity index is 737. The minimum absolute atomic E-state index is 0.0270. The van der Waals surface area contributed by atoms with E-state index >= 15 is 0 Å². The lowest BCUT2D eigenvalue weighted by molar-refractivity contribution is -0.121. The second-order valence-electron chi connectivity index (χ2n) is 5.77. The van der Waals surface area contributed by atoms with E-state index in [0.29, 0.717) is 24.1 Å². The molecule has 0 radical (unpaired) electrons. The number of nitrogens with zero attached hydrogens (tertiary/aromatic N) is 2. The molecule has 0 spiro atoms. The number of carbonyl (C=O) groups is 1.